The largest absolute Gasteiger partial charge is 0.383 e. The van der Waals surface area contributed by atoms with E-state index in [4.69, 9.17) is 11.5 Å². The van der Waals surface area contributed by atoms with E-state index in [1.165, 1.54) is 38.6 Å². The van der Waals surface area contributed by atoms with Crippen molar-refractivity contribution in [3.8, 4) is 0 Å². The van der Waals surface area contributed by atoms with Crippen molar-refractivity contribution >= 4 is 17.6 Å². The lowest BCUT2D eigenvalue weighted by Gasteiger charge is -2.37. The van der Waals surface area contributed by atoms with Crippen molar-refractivity contribution in [1.29, 1.82) is 0 Å². The van der Waals surface area contributed by atoms with E-state index in [2.05, 4.69) is 19.8 Å². The smallest absolute Gasteiger partial charge is 0.223 e. The molecule has 0 radical (unpaired) electrons. The van der Waals surface area contributed by atoms with Crippen LogP contribution in [0, 0.1) is 5.92 Å². The first-order valence-electron chi connectivity index (χ1n) is 8.08. The number of rotatable bonds is 3. The minimum Gasteiger partial charge on any atom is -0.383 e. The zero-order chi connectivity index (χ0) is 14.7. The van der Waals surface area contributed by atoms with Crippen LogP contribution in [0.5, 0.6) is 0 Å². The standard InChI is InChI=1S/C15H26N6/c16-13-10-14(19-15(17)18-13)21-8-6-20(7-9-21)11-12-4-2-1-3-5-12/h10,12H,1-9,11H2,(H4,16,17,18,19). The van der Waals surface area contributed by atoms with Gasteiger partial charge < -0.3 is 16.4 Å². The molecule has 0 spiro atoms. The molecule has 3 rings (SSSR count). The summed E-state index contributed by atoms with van der Waals surface area (Å²) in [5.41, 5.74) is 11.4. The van der Waals surface area contributed by atoms with Crippen LogP contribution in [0.1, 0.15) is 32.1 Å². The molecule has 2 fully saturated rings. The van der Waals surface area contributed by atoms with Crippen LogP contribution in [0.2, 0.25) is 0 Å². The van der Waals surface area contributed by atoms with Gasteiger partial charge in [-0.05, 0) is 18.8 Å². The number of hydrogen-bond acceptors (Lipinski definition) is 6. The van der Waals surface area contributed by atoms with Gasteiger partial charge >= 0.3 is 0 Å². The Morgan fingerprint density at radius 1 is 1.00 bits per heavy atom. The molecular weight excluding hydrogens is 264 g/mol. The van der Waals surface area contributed by atoms with Crippen molar-refractivity contribution in [2.75, 3.05) is 49.1 Å². The fourth-order valence-electron chi connectivity index (χ4n) is 3.53. The number of piperazine rings is 1. The zero-order valence-corrected chi connectivity index (χ0v) is 12.7. The van der Waals surface area contributed by atoms with Crippen molar-refractivity contribution in [3.63, 3.8) is 0 Å². The lowest BCUT2D eigenvalue weighted by atomic mass is 9.89. The van der Waals surface area contributed by atoms with Crippen LogP contribution in [0.3, 0.4) is 0 Å². The predicted octanol–water partition coefficient (Wildman–Crippen LogP) is 1.34. The van der Waals surface area contributed by atoms with Gasteiger partial charge in [0.1, 0.15) is 11.6 Å². The molecule has 116 valence electrons. The first-order chi connectivity index (χ1) is 10.2. The average Bonchev–Trinajstić information content (AvgIpc) is 2.48. The SMILES string of the molecule is Nc1cc(N2CCN(CC3CCCCC3)CC2)nc(N)n1. The van der Waals surface area contributed by atoms with Gasteiger partial charge in [0.15, 0.2) is 0 Å². The third kappa shape index (κ3) is 3.75. The molecule has 4 N–H and O–H groups in total. The van der Waals surface area contributed by atoms with Crippen molar-refractivity contribution in [1.82, 2.24) is 14.9 Å². The summed E-state index contributed by atoms with van der Waals surface area (Å²) >= 11 is 0. The lowest BCUT2D eigenvalue weighted by molar-refractivity contribution is 0.192. The summed E-state index contributed by atoms with van der Waals surface area (Å²) < 4.78 is 0. The minimum absolute atomic E-state index is 0.259. The molecule has 1 aliphatic carbocycles. The highest BCUT2D eigenvalue weighted by molar-refractivity contribution is 5.50. The molecule has 1 saturated carbocycles. The molecule has 21 heavy (non-hydrogen) atoms. The molecule has 1 aromatic rings. The van der Waals surface area contributed by atoms with Gasteiger partial charge in [0.05, 0.1) is 0 Å². The molecule has 1 aromatic heterocycles. The zero-order valence-electron chi connectivity index (χ0n) is 12.7. The summed E-state index contributed by atoms with van der Waals surface area (Å²) in [6.45, 7) is 5.44. The summed E-state index contributed by atoms with van der Waals surface area (Å²) in [7, 11) is 0. The highest BCUT2D eigenvalue weighted by atomic mass is 15.3. The van der Waals surface area contributed by atoms with Crippen molar-refractivity contribution in [2.45, 2.75) is 32.1 Å². The highest BCUT2D eigenvalue weighted by Gasteiger charge is 2.22. The van der Waals surface area contributed by atoms with E-state index in [0.717, 1.165) is 37.9 Å². The summed E-state index contributed by atoms with van der Waals surface area (Å²) in [5.74, 6) is 2.48. The van der Waals surface area contributed by atoms with Crippen molar-refractivity contribution < 1.29 is 0 Å². The Hall–Kier alpha value is -1.56. The number of aromatic nitrogens is 2. The van der Waals surface area contributed by atoms with Crippen LogP contribution < -0.4 is 16.4 Å². The molecule has 0 unspecified atom stereocenters. The first kappa shape index (κ1) is 14.4. The van der Waals surface area contributed by atoms with E-state index in [1.54, 1.807) is 0 Å². The number of hydrogen-bond donors (Lipinski definition) is 2. The molecule has 2 heterocycles. The number of nitrogen functional groups attached to an aromatic ring is 2. The van der Waals surface area contributed by atoms with E-state index < -0.39 is 0 Å². The molecular formula is C15H26N6. The Labute approximate surface area is 126 Å². The molecule has 1 aliphatic heterocycles. The van der Waals surface area contributed by atoms with Crippen LogP contribution in [-0.4, -0.2) is 47.6 Å². The minimum atomic E-state index is 0.259. The second kappa shape index (κ2) is 6.47. The Morgan fingerprint density at radius 2 is 1.71 bits per heavy atom. The molecule has 6 nitrogen and oxygen atoms in total. The lowest BCUT2D eigenvalue weighted by Crippen LogP contribution is -2.48. The van der Waals surface area contributed by atoms with E-state index in [0.29, 0.717) is 5.82 Å². The summed E-state index contributed by atoms with van der Waals surface area (Å²) in [6, 6.07) is 1.81. The summed E-state index contributed by atoms with van der Waals surface area (Å²) in [5, 5.41) is 0. The second-order valence-electron chi connectivity index (χ2n) is 6.30. The third-order valence-electron chi connectivity index (χ3n) is 4.69. The Morgan fingerprint density at radius 3 is 2.38 bits per heavy atom. The van der Waals surface area contributed by atoms with Gasteiger partial charge in [-0.1, -0.05) is 19.3 Å². The third-order valence-corrected chi connectivity index (χ3v) is 4.69. The van der Waals surface area contributed by atoms with Crippen LogP contribution in [-0.2, 0) is 0 Å². The van der Waals surface area contributed by atoms with Crippen LogP contribution >= 0.6 is 0 Å². The Balaban J connectivity index is 1.52. The van der Waals surface area contributed by atoms with Crippen LogP contribution in [0.4, 0.5) is 17.6 Å². The van der Waals surface area contributed by atoms with Crippen molar-refractivity contribution in [3.05, 3.63) is 6.07 Å². The summed E-state index contributed by atoms with van der Waals surface area (Å²) in [4.78, 5) is 13.1. The predicted molar refractivity (Wildman–Crippen MR) is 86.1 cm³/mol. The molecule has 0 bridgehead atoms. The van der Waals surface area contributed by atoms with Gasteiger partial charge in [-0.15, -0.1) is 0 Å². The van der Waals surface area contributed by atoms with E-state index in [9.17, 15) is 0 Å². The van der Waals surface area contributed by atoms with E-state index in [-0.39, 0.29) is 5.95 Å². The maximum Gasteiger partial charge on any atom is 0.223 e. The average molecular weight is 290 g/mol. The quantitative estimate of drug-likeness (QED) is 0.874. The second-order valence-corrected chi connectivity index (χ2v) is 6.30. The topological polar surface area (TPSA) is 84.3 Å². The first-order valence-corrected chi connectivity index (χ1v) is 8.08. The van der Waals surface area contributed by atoms with Gasteiger partial charge in [0.2, 0.25) is 5.95 Å². The number of anilines is 3. The van der Waals surface area contributed by atoms with E-state index >= 15 is 0 Å². The maximum atomic E-state index is 5.75. The van der Waals surface area contributed by atoms with Gasteiger partial charge in [0, 0.05) is 38.8 Å². The van der Waals surface area contributed by atoms with Gasteiger partial charge in [-0.25, -0.2) is 0 Å². The van der Waals surface area contributed by atoms with Gasteiger partial charge in [-0.2, -0.15) is 9.97 Å². The summed E-state index contributed by atoms with van der Waals surface area (Å²) in [6.07, 6.45) is 7.10. The molecule has 0 aromatic carbocycles. The molecule has 2 aliphatic rings. The fraction of sp³-hybridized carbons (Fsp3) is 0.733. The van der Waals surface area contributed by atoms with E-state index in [1.807, 2.05) is 6.07 Å². The van der Waals surface area contributed by atoms with Crippen LogP contribution in [0.25, 0.3) is 0 Å². The molecule has 1 saturated heterocycles. The Kier molecular flexibility index (Phi) is 4.43. The highest BCUT2D eigenvalue weighted by Crippen LogP contribution is 2.25. The number of nitrogens with two attached hydrogens (primary N) is 2. The van der Waals surface area contributed by atoms with Crippen LogP contribution in [0.15, 0.2) is 6.07 Å². The van der Waals surface area contributed by atoms with Crippen molar-refractivity contribution in [2.24, 2.45) is 5.92 Å². The number of nitrogens with zero attached hydrogens (tertiary/aromatic N) is 4. The Bertz CT molecular complexity index is 443. The normalized spacial score (nSPS) is 21.6. The van der Waals surface area contributed by atoms with Gasteiger partial charge in [-0.3, -0.25) is 4.90 Å². The molecule has 0 atom stereocenters. The molecule has 0 amide bonds. The fourth-order valence-corrected chi connectivity index (χ4v) is 3.53. The monoisotopic (exact) mass is 290 g/mol. The molecule has 6 heteroatoms. The maximum absolute atomic E-state index is 5.75. The van der Waals surface area contributed by atoms with Gasteiger partial charge in [0.25, 0.3) is 0 Å².